The van der Waals surface area contributed by atoms with E-state index in [9.17, 15) is 9.59 Å². The number of nitrogens with one attached hydrogen (secondary N) is 2. The molecule has 0 radical (unpaired) electrons. The van der Waals surface area contributed by atoms with Crippen molar-refractivity contribution in [2.24, 2.45) is 11.5 Å². The summed E-state index contributed by atoms with van der Waals surface area (Å²) in [5, 5.41) is 13.9. The Morgan fingerprint density at radius 3 is 1.17 bits per heavy atom. The average molecular weight is 291 g/mol. The third-order valence-corrected chi connectivity index (χ3v) is 1.90. The number of hydrogen-bond donors (Lipinski definition) is 4. The predicted octanol–water partition coefficient (Wildman–Crippen LogP) is 0.768. The summed E-state index contributed by atoms with van der Waals surface area (Å²) < 4.78 is 0. The third-order valence-electron chi connectivity index (χ3n) is 1.90. The Balaban J connectivity index is 0. The van der Waals surface area contributed by atoms with Gasteiger partial charge in [0.25, 0.3) is 0 Å². The molecule has 0 aliphatic rings. The molecule has 0 aromatic heterocycles. The van der Waals surface area contributed by atoms with Crippen molar-refractivity contribution in [3.8, 4) is 0 Å². The molecular formula is C10H12Cl2N4O2. The Labute approximate surface area is 116 Å². The third kappa shape index (κ3) is 4.15. The summed E-state index contributed by atoms with van der Waals surface area (Å²) >= 11 is 0. The van der Waals surface area contributed by atoms with E-state index in [1.807, 2.05) is 0 Å². The van der Waals surface area contributed by atoms with Crippen LogP contribution in [0.3, 0.4) is 0 Å². The van der Waals surface area contributed by atoms with E-state index in [1.54, 1.807) is 0 Å². The van der Waals surface area contributed by atoms with Crippen LogP contribution < -0.4 is 11.5 Å². The molecule has 0 aliphatic carbocycles. The van der Waals surface area contributed by atoms with Crippen molar-refractivity contribution in [2.75, 3.05) is 0 Å². The van der Waals surface area contributed by atoms with E-state index < -0.39 is 23.2 Å². The maximum atomic E-state index is 11.3. The lowest BCUT2D eigenvalue weighted by Gasteiger charge is -2.01. The first-order valence-corrected chi connectivity index (χ1v) is 4.31. The van der Waals surface area contributed by atoms with E-state index in [0.717, 1.165) is 0 Å². The van der Waals surface area contributed by atoms with Crippen molar-refractivity contribution in [1.82, 2.24) is 0 Å². The van der Waals surface area contributed by atoms with Gasteiger partial charge in [0.15, 0.2) is 11.7 Å². The van der Waals surface area contributed by atoms with Gasteiger partial charge in [-0.1, -0.05) is 24.3 Å². The van der Waals surface area contributed by atoms with Crippen LogP contribution >= 0.6 is 24.8 Å². The molecule has 0 saturated heterocycles. The smallest absolute Gasteiger partial charge is 0.227 e. The number of amidine groups is 2. The molecule has 0 amide bonds. The molecule has 0 unspecified atom stereocenters. The van der Waals surface area contributed by atoms with E-state index in [-0.39, 0.29) is 35.9 Å². The van der Waals surface area contributed by atoms with Gasteiger partial charge in [-0.2, -0.15) is 0 Å². The molecule has 0 fully saturated rings. The van der Waals surface area contributed by atoms with Gasteiger partial charge >= 0.3 is 0 Å². The van der Waals surface area contributed by atoms with Gasteiger partial charge in [-0.3, -0.25) is 20.4 Å². The molecule has 0 heterocycles. The topological polar surface area (TPSA) is 134 Å². The Bertz CT molecular complexity index is 440. The molecule has 6 N–H and O–H groups in total. The number of benzene rings is 1. The highest BCUT2D eigenvalue weighted by atomic mass is 35.5. The summed E-state index contributed by atoms with van der Waals surface area (Å²) in [7, 11) is 0. The first-order valence-electron chi connectivity index (χ1n) is 4.31. The number of carbonyl (C=O) groups is 2. The van der Waals surface area contributed by atoms with E-state index in [2.05, 4.69) is 0 Å². The van der Waals surface area contributed by atoms with Gasteiger partial charge in [0.05, 0.1) is 0 Å². The summed E-state index contributed by atoms with van der Waals surface area (Å²) in [6.45, 7) is 0. The quantitative estimate of drug-likeness (QED) is 0.370. The van der Waals surface area contributed by atoms with E-state index in [1.165, 1.54) is 24.3 Å². The van der Waals surface area contributed by atoms with E-state index >= 15 is 0 Å². The minimum absolute atomic E-state index is 0. The average Bonchev–Trinajstić information content (AvgIpc) is 2.27. The van der Waals surface area contributed by atoms with Gasteiger partial charge in [-0.05, 0) is 0 Å². The van der Waals surface area contributed by atoms with Gasteiger partial charge in [-0.15, -0.1) is 24.8 Å². The maximum Gasteiger partial charge on any atom is 0.227 e. The van der Waals surface area contributed by atoms with E-state index in [4.69, 9.17) is 22.3 Å². The molecule has 0 saturated carbocycles. The molecule has 6 nitrogen and oxygen atoms in total. The monoisotopic (exact) mass is 290 g/mol. The molecule has 1 aromatic carbocycles. The number of hydrogen-bond acceptors (Lipinski definition) is 4. The number of rotatable bonds is 4. The maximum absolute atomic E-state index is 11.3. The van der Waals surface area contributed by atoms with Crippen LogP contribution in [0.2, 0.25) is 0 Å². The molecule has 0 spiro atoms. The first kappa shape index (κ1) is 18.4. The van der Waals surface area contributed by atoms with Gasteiger partial charge in [-0.25, -0.2) is 0 Å². The second kappa shape index (κ2) is 7.41. The largest absolute Gasteiger partial charge is 0.381 e. The highest BCUT2D eigenvalue weighted by Gasteiger charge is 2.12. The number of nitrogens with two attached hydrogens (primary N) is 2. The minimum Gasteiger partial charge on any atom is -0.381 e. The van der Waals surface area contributed by atoms with Crippen LogP contribution in [-0.4, -0.2) is 23.2 Å². The Kier molecular flexibility index (Phi) is 7.60. The van der Waals surface area contributed by atoms with Crippen molar-refractivity contribution in [1.29, 1.82) is 10.8 Å². The van der Waals surface area contributed by atoms with E-state index in [0.29, 0.717) is 0 Å². The Morgan fingerprint density at radius 2 is 1.00 bits per heavy atom. The normalized spacial score (nSPS) is 8.44. The fraction of sp³-hybridized carbons (Fsp3) is 0. The van der Waals surface area contributed by atoms with Crippen molar-refractivity contribution in [3.63, 3.8) is 0 Å². The molecule has 0 atom stereocenters. The standard InChI is InChI=1S/C10H10N4O2.2ClH/c11-9(12)7(15)5-1-2-6(4-3-5)8(16)10(13)14;;/h1-4H,(H3,11,12)(H3,13,14);2*1H. The SMILES string of the molecule is Cl.Cl.N=C(N)C(=O)c1ccc(C(=O)C(=N)N)cc1. The van der Waals surface area contributed by atoms with Crippen LogP contribution in [0, 0.1) is 10.8 Å². The lowest BCUT2D eigenvalue weighted by Crippen LogP contribution is -2.23. The number of ketones is 2. The molecule has 8 heteroatoms. The molecule has 0 aliphatic heterocycles. The summed E-state index contributed by atoms with van der Waals surface area (Å²) in [5.41, 5.74) is 10.5. The second-order valence-corrected chi connectivity index (χ2v) is 3.06. The summed E-state index contributed by atoms with van der Waals surface area (Å²) in [5.74, 6) is -2.35. The summed E-state index contributed by atoms with van der Waals surface area (Å²) in [6, 6.07) is 5.44. The van der Waals surface area contributed by atoms with Crippen LogP contribution in [0.4, 0.5) is 0 Å². The summed E-state index contributed by atoms with van der Waals surface area (Å²) in [4.78, 5) is 22.5. The molecule has 18 heavy (non-hydrogen) atoms. The number of carbonyl (C=O) groups excluding carboxylic acids is 2. The summed E-state index contributed by atoms with van der Waals surface area (Å²) in [6.07, 6.45) is 0. The van der Waals surface area contributed by atoms with Gasteiger partial charge in [0, 0.05) is 11.1 Å². The van der Waals surface area contributed by atoms with Crippen LogP contribution in [0.15, 0.2) is 24.3 Å². The Morgan fingerprint density at radius 1 is 0.778 bits per heavy atom. The predicted molar refractivity (Wildman–Crippen MR) is 73.4 cm³/mol. The molecule has 0 bridgehead atoms. The lowest BCUT2D eigenvalue weighted by molar-refractivity contribution is 0.105. The highest BCUT2D eigenvalue weighted by Crippen LogP contribution is 2.06. The molecule has 1 aromatic rings. The highest BCUT2D eigenvalue weighted by molar-refractivity contribution is 6.44. The zero-order chi connectivity index (χ0) is 12.3. The Hall–Kier alpha value is -1.92. The van der Waals surface area contributed by atoms with Crippen LogP contribution in [0.1, 0.15) is 20.7 Å². The van der Waals surface area contributed by atoms with Gasteiger partial charge < -0.3 is 11.5 Å². The molecule has 1 rings (SSSR count). The van der Waals surface area contributed by atoms with Gasteiger partial charge in [0.2, 0.25) is 11.6 Å². The van der Waals surface area contributed by atoms with Crippen molar-refractivity contribution >= 4 is 48.1 Å². The van der Waals surface area contributed by atoms with Crippen LogP contribution in [0.25, 0.3) is 0 Å². The van der Waals surface area contributed by atoms with Crippen LogP contribution in [-0.2, 0) is 0 Å². The number of halogens is 2. The van der Waals surface area contributed by atoms with Crippen molar-refractivity contribution in [2.45, 2.75) is 0 Å². The van der Waals surface area contributed by atoms with Gasteiger partial charge in [0.1, 0.15) is 0 Å². The van der Waals surface area contributed by atoms with Crippen molar-refractivity contribution < 1.29 is 9.59 Å². The molecule has 98 valence electrons. The zero-order valence-electron chi connectivity index (χ0n) is 9.10. The zero-order valence-corrected chi connectivity index (χ0v) is 10.7. The lowest BCUT2D eigenvalue weighted by atomic mass is 10.0. The van der Waals surface area contributed by atoms with Crippen molar-refractivity contribution in [3.05, 3.63) is 35.4 Å². The molecular weight excluding hydrogens is 279 g/mol. The van der Waals surface area contributed by atoms with Crippen LogP contribution in [0.5, 0.6) is 0 Å². The first-order chi connectivity index (χ1) is 7.43. The number of Topliss-reactive ketones (excluding diaryl/α,β-unsaturated/α-hetero) is 2. The fourth-order valence-corrected chi connectivity index (χ4v) is 1.08. The minimum atomic E-state index is -0.609. The second-order valence-electron chi connectivity index (χ2n) is 3.06. The fourth-order valence-electron chi connectivity index (χ4n) is 1.08.